The largest absolute Gasteiger partial charge is 0.416 e. The maximum atomic E-state index is 13.5. The highest BCUT2D eigenvalue weighted by molar-refractivity contribution is 7.92. The van der Waals surface area contributed by atoms with E-state index < -0.39 is 39.9 Å². The molecule has 6 nitrogen and oxygen atoms in total. The first-order chi connectivity index (χ1) is 18.0. The van der Waals surface area contributed by atoms with Gasteiger partial charge in [-0.3, -0.25) is 14.0 Å². The van der Waals surface area contributed by atoms with Gasteiger partial charge in [0.05, 0.1) is 21.2 Å². The van der Waals surface area contributed by atoms with Gasteiger partial charge in [-0.1, -0.05) is 54.1 Å². The number of likely N-dealkylation sites (tertiary alicyclic amines) is 1. The van der Waals surface area contributed by atoms with Crippen LogP contribution < -0.4 is 9.62 Å². The standard InChI is InChI=1S/C27H27ClF3N3O3S/c28-24-12-11-22(27(29,30)31)16-25(24)34(38(36,37)23-9-2-1-3-10-23)19-26(35)32-17-20-7-6-8-21(15-20)18-33-13-4-5-14-33/h1-3,6-12,15-16H,4-5,13-14,17-19H2,(H,32,35). The Bertz CT molecular complexity index is 1380. The Morgan fingerprint density at radius 1 is 0.947 bits per heavy atom. The van der Waals surface area contributed by atoms with Crippen molar-refractivity contribution in [1.82, 2.24) is 10.2 Å². The summed E-state index contributed by atoms with van der Waals surface area (Å²) in [4.78, 5) is 15.1. The van der Waals surface area contributed by atoms with Crippen LogP contribution in [0.1, 0.15) is 29.5 Å². The SMILES string of the molecule is O=C(CN(c1cc(C(F)(F)F)ccc1Cl)S(=O)(=O)c1ccccc1)NCc1cccc(CN2CCCC2)c1. The smallest absolute Gasteiger partial charge is 0.350 e. The molecule has 1 aliphatic rings. The maximum absolute atomic E-state index is 13.5. The Labute approximate surface area is 225 Å². The second-order valence-corrected chi connectivity index (χ2v) is 11.3. The molecule has 0 spiro atoms. The van der Waals surface area contributed by atoms with Crippen LogP contribution in [0.4, 0.5) is 18.9 Å². The molecule has 1 aliphatic heterocycles. The summed E-state index contributed by atoms with van der Waals surface area (Å²) in [6.07, 6.45) is -2.38. The zero-order valence-electron chi connectivity index (χ0n) is 20.4. The fourth-order valence-corrected chi connectivity index (χ4v) is 6.05. The lowest BCUT2D eigenvalue weighted by Gasteiger charge is -2.26. The van der Waals surface area contributed by atoms with Crippen molar-refractivity contribution in [3.05, 3.63) is 94.5 Å². The van der Waals surface area contributed by atoms with Crippen LogP contribution >= 0.6 is 11.6 Å². The van der Waals surface area contributed by atoms with Gasteiger partial charge in [0.15, 0.2) is 0 Å². The van der Waals surface area contributed by atoms with Crippen LogP contribution in [0.2, 0.25) is 5.02 Å². The van der Waals surface area contributed by atoms with Crippen molar-refractivity contribution in [3.8, 4) is 0 Å². The van der Waals surface area contributed by atoms with Crippen molar-refractivity contribution < 1.29 is 26.4 Å². The van der Waals surface area contributed by atoms with E-state index in [1.807, 2.05) is 24.3 Å². The summed E-state index contributed by atoms with van der Waals surface area (Å²) in [5.74, 6) is -0.692. The molecule has 1 heterocycles. The predicted octanol–water partition coefficient (Wildman–Crippen LogP) is 5.47. The predicted molar refractivity (Wildman–Crippen MR) is 140 cm³/mol. The van der Waals surface area contributed by atoms with Crippen LogP contribution in [0.25, 0.3) is 0 Å². The third-order valence-corrected chi connectivity index (χ3v) is 8.34. The molecule has 0 radical (unpaired) electrons. The van der Waals surface area contributed by atoms with E-state index in [0.717, 1.165) is 42.9 Å². The molecule has 1 N–H and O–H groups in total. The molecule has 0 aliphatic carbocycles. The number of alkyl halides is 3. The monoisotopic (exact) mass is 565 g/mol. The van der Waals surface area contributed by atoms with Gasteiger partial charge in [0.2, 0.25) is 5.91 Å². The number of sulfonamides is 1. The number of hydrogen-bond donors (Lipinski definition) is 1. The highest BCUT2D eigenvalue weighted by Crippen LogP contribution is 2.37. The molecule has 1 fully saturated rings. The van der Waals surface area contributed by atoms with E-state index in [2.05, 4.69) is 10.2 Å². The van der Waals surface area contributed by atoms with Crippen molar-refractivity contribution in [3.63, 3.8) is 0 Å². The van der Waals surface area contributed by atoms with Gasteiger partial charge < -0.3 is 5.32 Å². The summed E-state index contributed by atoms with van der Waals surface area (Å²) in [5, 5.41) is 2.45. The van der Waals surface area contributed by atoms with Crippen molar-refractivity contribution in [2.75, 3.05) is 23.9 Å². The van der Waals surface area contributed by atoms with E-state index in [1.165, 1.54) is 37.1 Å². The molecule has 0 atom stereocenters. The zero-order chi connectivity index (χ0) is 27.3. The summed E-state index contributed by atoms with van der Waals surface area (Å²) in [7, 11) is -4.42. The Morgan fingerprint density at radius 2 is 1.63 bits per heavy atom. The number of rotatable bonds is 9. The van der Waals surface area contributed by atoms with Gasteiger partial charge in [-0.15, -0.1) is 0 Å². The Balaban J connectivity index is 1.56. The third-order valence-electron chi connectivity index (χ3n) is 6.25. The summed E-state index contributed by atoms with van der Waals surface area (Å²) in [6, 6.07) is 17.2. The molecule has 4 rings (SSSR count). The number of halogens is 4. The van der Waals surface area contributed by atoms with E-state index >= 15 is 0 Å². The van der Waals surface area contributed by atoms with Gasteiger partial charge in [-0.2, -0.15) is 13.2 Å². The van der Waals surface area contributed by atoms with E-state index in [9.17, 15) is 26.4 Å². The average Bonchev–Trinajstić information content (AvgIpc) is 3.39. The van der Waals surface area contributed by atoms with Crippen LogP contribution in [0, 0.1) is 0 Å². The molecule has 11 heteroatoms. The van der Waals surface area contributed by atoms with Crippen LogP contribution in [-0.2, 0) is 34.1 Å². The topological polar surface area (TPSA) is 69.7 Å². The van der Waals surface area contributed by atoms with E-state index in [0.29, 0.717) is 10.4 Å². The normalized spacial score (nSPS) is 14.4. The van der Waals surface area contributed by atoms with Gasteiger partial charge >= 0.3 is 6.18 Å². The molecular weight excluding hydrogens is 539 g/mol. The number of carbonyl (C=O) groups excluding carboxylic acids is 1. The van der Waals surface area contributed by atoms with Crippen molar-refractivity contribution in [2.24, 2.45) is 0 Å². The van der Waals surface area contributed by atoms with Crippen molar-refractivity contribution >= 4 is 33.2 Å². The second-order valence-electron chi connectivity index (χ2n) is 9.07. The highest BCUT2D eigenvalue weighted by Gasteiger charge is 2.34. The maximum Gasteiger partial charge on any atom is 0.416 e. The van der Waals surface area contributed by atoms with Gasteiger partial charge in [0, 0.05) is 13.1 Å². The third kappa shape index (κ3) is 6.86. The first-order valence-electron chi connectivity index (χ1n) is 12.1. The van der Waals surface area contributed by atoms with E-state index in [4.69, 9.17) is 11.6 Å². The summed E-state index contributed by atoms with van der Waals surface area (Å²) in [6.45, 7) is 2.27. The zero-order valence-corrected chi connectivity index (χ0v) is 22.0. The molecule has 3 aromatic rings. The summed E-state index contributed by atoms with van der Waals surface area (Å²) < 4.78 is 67.8. The fourth-order valence-electron chi connectivity index (χ4n) is 4.32. The van der Waals surface area contributed by atoms with Gasteiger partial charge in [-0.25, -0.2) is 8.42 Å². The molecule has 202 valence electrons. The molecule has 0 unspecified atom stereocenters. The van der Waals surface area contributed by atoms with Crippen LogP contribution in [-0.4, -0.2) is 38.9 Å². The van der Waals surface area contributed by atoms with Crippen LogP contribution in [0.15, 0.2) is 77.7 Å². The lowest BCUT2D eigenvalue weighted by molar-refractivity contribution is -0.137. The van der Waals surface area contributed by atoms with Crippen molar-refractivity contribution in [1.29, 1.82) is 0 Å². The first kappa shape index (κ1) is 27.9. The van der Waals surface area contributed by atoms with Crippen LogP contribution in [0.5, 0.6) is 0 Å². The Morgan fingerprint density at radius 3 is 2.32 bits per heavy atom. The van der Waals surface area contributed by atoms with Crippen LogP contribution in [0.3, 0.4) is 0 Å². The number of hydrogen-bond acceptors (Lipinski definition) is 4. The van der Waals surface area contributed by atoms with Gasteiger partial charge in [0.1, 0.15) is 6.54 Å². The molecule has 3 aromatic carbocycles. The minimum absolute atomic E-state index is 0.127. The molecule has 1 amide bonds. The quantitative estimate of drug-likeness (QED) is 0.374. The number of nitrogens with one attached hydrogen (secondary N) is 1. The summed E-state index contributed by atoms with van der Waals surface area (Å²) in [5.41, 5.74) is 0.404. The molecular formula is C27H27ClF3N3O3S. The second kappa shape index (κ2) is 11.8. The lowest BCUT2D eigenvalue weighted by atomic mass is 10.1. The Kier molecular flexibility index (Phi) is 8.64. The number of benzene rings is 3. The molecule has 1 saturated heterocycles. The average molecular weight is 566 g/mol. The molecule has 0 saturated carbocycles. The van der Waals surface area contributed by atoms with Gasteiger partial charge in [-0.05, 0) is 67.4 Å². The first-order valence-corrected chi connectivity index (χ1v) is 13.9. The minimum atomic E-state index is -4.73. The summed E-state index contributed by atoms with van der Waals surface area (Å²) >= 11 is 6.17. The van der Waals surface area contributed by atoms with E-state index in [1.54, 1.807) is 6.07 Å². The highest BCUT2D eigenvalue weighted by atomic mass is 35.5. The van der Waals surface area contributed by atoms with Crippen molar-refractivity contribution in [2.45, 2.75) is 37.0 Å². The number of carbonyl (C=O) groups is 1. The Hall–Kier alpha value is -3.08. The fraction of sp³-hybridized carbons (Fsp3) is 0.296. The van der Waals surface area contributed by atoms with Gasteiger partial charge in [0.25, 0.3) is 10.0 Å². The number of nitrogens with zero attached hydrogens (tertiary/aromatic N) is 2. The lowest BCUT2D eigenvalue weighted by Crippen LogP contribution is -2.41. The number of anilines is 1. The minimum Gasteiger partial charge on any atom is -0.350 e. The van der Waals surface area contributed by atoms with E-state index in [-0.39, 0.29) is 16.5 Å². The number of amides is 1. The molecule has 38 heavy (non-hydrogen) atoms. The molecule has 0 aromatic heterocycles. The molecule has 0 bridgehead atoms.